The SMILES string of the molecule is CCCCCCCC/C=C/CCCCCCCC(=O)O[C@@H]1CNCC[C@@H]1OP(=O)([O-])O.[Na+]. The number of allylic oxidation sites excluding steroid dienone is 2. The minimum atomic E-state index is -4.84. The van der Waals surface area contributed by atoms with Crippen LogP contribution < -0.4 is 39.8 Å². The summed E-state index contributed by atoms with van der Waals surface area (Å²) < 4.78 is 21.0. The largest absolute Gasteiger partial charge is 1.00 e. The number of hydrogen-bond acceptors (Lipinski definition) is 6. The van der Waals surface area contributed by atoms with Crippen molar-refractivity contribution in [1.82, 2.24) is 5.32 Å². The summed E-state index contributed by atoms with van der Waals surface area (Å²) in [5.74, 6) is -0.349. The molecule has 32 heavy (non-hydrogen) atoms. The Kier molecular flexibility index (Phi) is 20.8. The summed E-state index contributed by atoms with van der Waals surface area (Å²) in [4.78, 5) is 31.9. The molecule has 0 spiro atoms. The van der Waals surface area contributed by atoms with E-state index in [1.165, 1.54) is 51.4 Å². The van der Waals surface area contributed by atoms with E-state index in [9.17, 15) is 14.3 Å². The molecule has 1 saturated heterocycles. The molecule has 1 heterocycles. The van der Waals surface area contributed by atoms with Crippen LogP contribution in [0.4, 0.5) is 0 Å². The number of phosphoric acid groups is 1. The number of nitrogens with one attached hydrogen (secondary N) is 1. The summed E-state index contributed by atoms with van der Waals surface area (Å²) in [7, 11) is -4.84. The molecule has 1 aliphatic rings. The van der Waals surface area contributed by atoms with Gasteiger partial charge in [0.25, 0.3) is 7.82 Å². The predicted octanol–water partition coefficient (Wildman–Crippen LogP) is 1.78. The first-order valence-corrected chi connectivity index (χ1v) is 13.7. The molecule has 0 aromatic rings. The Balaban J connectivity index is 0.00000961. The van der Waals surface area contributed by atoms with Crippen LogP contribution in [0.15, 0.2) is 12.2 Å². The monoisotopic (exact) mass is 483 g/mol. The van der Waals surface area contributed by atoms with Gasteiger partial charge >= 0.3 is 35.5 Å². The molecule has 0 amide bonds. The van der Waals surface area contributed by atoms with Crippen molar-refractivity contribution < 1.29 is 58.0 Å². The molecule has 0 radical (unpaired) electrons. The van der Waals surface area contributed by atoms with Crippen molar-refractivity contribution >= 4 is 13.8 Å². The van der Waals surface area contributed by atoms with E-state index in [1.54, 1.807) is 0 Å². The van der Waals surface area contributed by atoms with Crippen LogP contribution in [-0.4, -0.2) is 36.2 Å². The van der Waals surface area contributed by atoms with Gasteiger partial charge in [-0.1, -0.05) is 70.4 Å². The quantitative estimate of drug-likeness (QED) is 0.101. The van der Waals surface area contributed by atoms with Crippen LogP contribution in [0.2, 0.25) is 0 Å². The maximum absolute atomic E-state index is 12.0. The van der Waals surface area contributed by atoms with Gasteiger partial charge in [-0.15, -0.1) is 0 Å². The number of esters is 1. The Morgan fingerprint density at radius 1 is 1.00 bits per heavy atom. The van der Waals surface area contributed by atoms with Crippen molar-refractivity contribution in [2.75, 3.05) is 13.1 Å². The summed E-state index contributed by atoms with van der Waals surface area (Å²) in [5.41, 5.74) is 0. The molecule has 0 saturated carbocycles. The topological polar surface area (TPSA) is 108 Å². The second kappa shape index (κ2) is 20.6. The fraction of sp³-hybridized carbons (Fsp3) is 0.870. The maximum atomic E-state index is 12.0. The molecule has 0 aliphatic carbocycles. The number of carbonyl (C=O) groups is 1. The van der Waals surface area contributed by atoms with Gasteiger partial charge in [-0.3, -0.25) is 9.36 Å². The van der Waals surface area contributed by atoms with Crippen LogP contribution in [0.1, 0.15) is 103 Å². The van der Waals surface area contributed by atoms with Crippen molar-refractivity contribution in [2.45, 2.75) is 115 Å². The van der Waals surface area contributed by atoms with Gasteiger partial charge in [0.1, 0.15) is 12.2 Å². The molecule has 1 fully saturated rings. The van der Waals surface area contributed by atoms with Gasteiger partial charge in [0.15, 0.2) is 0 Å². The molecule has 182 valence electrons. The molecule has 1 unspecified atom stereocenters. The van der Waals surface area contributed by atoms with Crippen molar-refractivity contribution in [2.24, 2.45) is 0 Å². The zero-order chi connectivity index (χ0) is 22.8. The molecule has 3 atom stereocenters. The smallest absolute Gasteiger partial charge is 0.756 e. The molecule has 2 N–H and O–H groups in total. The van der Waals surface area contributed by atoms with E-state index in [0.717, 1.165) is 32.1 Å². The van der Waals surface area contributed by atoms with Crippen molar-refractivity contribution in [3.63, 3.8) is 0 Å². The average Bonchev–Trinajstić information content (AvgIpc) is 2.71. The molecular weight excluding hydrogens is 440 g/mol. The fourth-order valence-corrected chi connectivity index (χ4v) is 4.37. The summed E-state index contributed by atoms with van der Waals surface area (Å²) in [6.45, 7) is 3.12. The fourth-order valence-electron chi connectivity index (χ4n) is 3.78. The third-order valence-corrected chi connectivity index (χ3v) is 6.10. The van der Waals surface area contributed by atoms with E-state index in [2.05, 4.69) is 28.9 Å². The number of piperidine rings is 1. The van der Waals surface area contributed by atoms with Crippen LogP contribution in [-0.2, 0) is 18.6 Å². The number of carbonyl (C=O) groups excluding carboxylic acids is 1. The Hall–Kier alpha value is 0.280. The summed E-state index contributed by atoms with van der Waals surface area (Å²) in [5, 5.41) is 3.04. The van der Waals surface area contributed by atoms with E-state index in [1.807, 2.05) is 0 Å². The van der Waals surface area contributed by atoms with Crippen LogP contribution in [0, 0.1) is 0 Å². The Labute approximate surface area is 217 Å². The second-order valence-corrected chi connectivity index (χ2v) is 9.62. The zero-order valence-electron chi connectivity index (χ0n) is 20.3. The van der Waals surface area contributed by atoms with E-state index >= 15 is 0 Å². The molecule has 0 bridgehead atoms. The summed E-state index contributed by atoms with van der Waals surface area (Å²) >= 11 is 0. The minimum absolute atomic E-state index is 0. The maximum Gasteiger partial charge on any atom is 1.00 e. The second-order valence-electron chi connectivity index (χ2n) is 8.47. The Morgan fingerprint density at radius 2 is 1.56 bits per heavy atom. The minimum Gasteiger partial charge on any atom is -0.756 e. The molecule has 7 nitrogen and oxygen atoms in total. The van der Waals surface area contributed by atoms with Gasteiger partial charge in [0.05, 0.1) is 0 Å². The summed E-state index contributed by atoms with van der Waals surface area (Å²) in [6, 6.07) is 0. The third kappa shape index (κ3) is 18.7. The predicted molar refractivity (Wildman–Crippen MR) is 122 cm³/mol. The number of ether oxygens (including phenoxy) is 1. The van der Waals surface area contributed by atoms with Gasteiger partial charge in [-0.25, -0.2) is 0 Å². The van der Waals surface area contributed by atoms with Gasteiger partial charge in [-0.2, -0.15) is 0 Å². The molecule has 0 aromatic heterocycles. The first-order chi connectivity index (χ1) is 14.9. The number of hydrogen-bond donors (Lipinski definition) is 2. The van der Waals surface area contributed by atoms with Crippen molar-refractivity contribution in [3.8, 4) is 0 Å². The van der Waals surface area contributed by atoms with Crippen LogP contribution in [0.5, 0.6) is 0 Å². The molecule has 1 rings (SSSR count). The molecule has 1 aliphatic heterocycles. The zero-order valence-corrected chi connectivity index (χ0v) is 23.2. The van der Waals surface area contributed by atoms with Gasteiger partial charge in [-0.05, 0) is 45.1 Å². The number of unbranched alkanes of at least 4 members (excludes halogenated alkanes) is 11. The van der Waals surface area contributed by atoms with Crippen LogP contribution in [0.3, 0.4) is 0 Å². The van der Waals surface area contributed by atoms with E-state index in [-0.39, 0.29) is 35.5 Å². The summed E-state index contributed by atoms with van der Waals surface area (Å²) in [6.07, 6.45) is 19.3. The molecular formula is C23H43NNaO6P. The average molecular weight is 484 g/mol. The van der Waals surface area contributed by atoms with Gasteiger partial charge in [0, 0.05) is 13.0 Å². The third-order valence-electron chi connectivity index (χ3n) is 5.56. The van der Waals surface area contributed by atoms with Gasteiger partial charge in [0.2, 0.25) is 0 Å². The molecule has 0 aromatic carbocycles. The van der Waals surface area contributed by atoms with E-state index in [0.29, 0.717) is 25.9 Å². The number of rotatable bonds is 18. The van der Waals surface area contributed by atoms with E-state index < -0.39 is 20.0 Å². The van der Waals surface area contributed by atoms with Crippen LogP contribution >= 0.6 is 7.82 Å². The van der Waals surface area contributed by atoms with E-state index in [4.69, 9.17) is 9.63 Å². The standard InChI is InChI=1S/C23H44NO6P.Na/c1-2-3-4-5-6-7-8-9-10-11-12-13-14-15-16-17-23(25)29-22-20-24-19-18-21(22)30-31(26,27)28;/h9-10,21-22,24H,2-8,11-20H2,1H3,(H2,26,27,28);/q;+1/p-1/b10-9+;/t21-,22+;/m0./s1. The Morgan fingerprint density at radius 3 is 2.16 bits per heavy atom. The normalized spacial score (nSPS) is 20.6. The van der Waals surface area contributed by atoms with Crippen molar-refractivity contribution in [1.29, 1.82) is 0 Å². The molecule has 9 heteroatoms. The Bertz CT molecular complexity index is 543. The first kappa shape index (κ1) is 32.3. The number of phosphoric ester groups is 1. The van der Waals surface area contributed by atoms with Crippen LogP contribution in [0.25, 0.3) is 0 Å². The first-order valence-electron chi connectivity index (χ1n) is 12.2. The van der Waals surface area contributed by atoms with Crippen molar-refractivity contribution in [3.05, 3.63) is 12.2 Å². The van der Waals surface area contributed by atoms with Gasteiger partial charge < -0.3 is 24.4 Å².